The number of fused-ring (bicyclic) bond motifs is 2. The fourth-order valence-corrected chi connectivity index (χ4v) is 3.78. The van der Waals surface area contributed by atoms with Crippen LogP contribution in [-0.4, -0.2) is 14.6 Å². The average Bonchev–Trinajstić information content (AvgIpc) is 2.92. The van der Waals surface area contributed by atoms with Crippen molar-refractivity contribution < 1.29 is 0 Å². The lowest BCUT2D eigenvalue weighted by atomic mass is 9.97. The zero-order valence-corrected chi connectivity index (χ0v) is 13.7. The van der Waals surface area contributed by atoms with Gasteiger partial charge in [0.25, 0.3) is 0 Å². The summed E-state index contributed by atoms with van der Waals surface area (Å²) in [6, 6.07) is 8.11. The molecule has 2 heterocycles. The molecule has 2 aromatic heterocycles. The lowest BCUT2D eigenvalue weighted by Gasteiger charge is -2.16. The van der Waals surface area contributed by atoms with Crippen LogP contribution in [0.5, 0.6) is 0 Å². The molecule has 106 valence electrons. The Morgan fingerprint density at radius 3 is 2.76 bits per heavy atom. The summed E-state index contributed by atoms with van der Waals surface area (Å²) < 4.78 is 2.80. The molecule has 0 bridgehead atoms. The van der Waals surface area contributed by atoms with Gasteiger partial charge >= 0.3 is 0 Å². The van der Waals surface area contributed by atoms with E-state index < -0.39 is 0 Å². The van der Waals surface area contributed by atoms with Crippen molar-refractivity contribution in [3.8, 4) is 11.1 Å². The summed E-state index contributed by atoms with van der Waals surface area (Å²) in [5.74, 6) is 0. The second-order valence-electron chi connectivity index (χ2n) is 5.31. The third-order valence-corrected chi connectivity index (χ3v) is 5.10. The molecule has 3 aromatic rings. The highest BCUT2D eigenvalue weighted by Crippen LogP contribution is 2.34. The molecule has 0 radical (unpaired) electrons. The number of hydrogen-bond donors (Lipinski definition) is 0. The molecule has 0 spiro atoms. The van der Waals surface area contributed by atoms with Crippen molar-refractivity contribution in [1.82, 2.24) is 14.6 Å². The van der Waals surface area contributed by atoms with Crippen molar-refractivity contribution in [1.29, 1.82) is 0 Å². The molecular weight excluding hydrogens is 350 g/mol. The predicted molar refractivity (Wildman–Crippen MR) is 87.8 cm³/mol. The molecule has 0 saturated carbocycles. The van der Waals surface area contributed by atoms with E-state index in [1.165, 1.54) is 12.8 Å². The van der Waals surface area contributed by atoms with Crippen molar-refractivity contribution in [3.63, 3.8) is 0 Å². The Balaban J connectivity index is 2.01. The van der Waals surface area contributed by atoms with E-state index in [0.29, 0.717) is 5.15 Å². The van der Waals surface area contributed by atoms with E-state index in [-0.39, 0.29) is 0 Å². The molecule has 0 unspecified atom stereocenters. The fraction of sp³-hybridized carbons (Fsp3) is 0.250. The normalized spacial score (nSPS) is 14.4. The Morgan fingerprint density at radius 2 is 1.90 bits per heavy atom. The van der Waals surface area contributed by atoms with Crippen molar-refractivity contribution in [3.05, 3.63) is 51.3 Å². The summed E-state index contributed by atoms with van der Waals surface area (Å²) in [6.45, 7) is 0. The molecule has 0 atom stereocenters. The Labute approximate surface area is 136 Å². The van der Waals surface area contributed by atoms with E-state index >= 15 is 0 Å². The van der Waals surface area contributed by atoms with Gasteiger partial charge in [-0.05, 0) is 31.7 Å². The summed E-state index contributed by atoms with van der Waals surface area (Å²) in [6.07, 6.45) is 6.22. The smallest absolute Gasteiger partial charge is 0.164 e. The molecule has 0 amide bonds. The van der Waals surface area contributed by atoms with E-state index in [1.807, 2.05) is 24.4 Å². The zero-order valence-electron chi connectivity index (χ0n) is 11.3. The Kier molecular flexibility index (Phi) is 3.23. The van der Waals surface area contributed by atoms with E-state index in [9.17, 15) is 0 Å². The van der Waals surface area contributed by atoms with Gasteiger partial charge in [-0.15, -0.1) is 0 Å². The van der Waals surface area contributed by atoms with Gasteiger partial charge in [0.2, 0.25) is 0 Å². The minimum absolute atomic E-state index is 0.716. The van der Waals surface area contributed by atoms with Crippen LogP contribution in [0.2, 0.25) is 5.15 Å². The number of aryl methyl sites for hydroxylation is 1. The summed E-state index contributed by atoms with van der Waals surface area (Å²) >= 11 is 10.1. The van der Waals surface area contributed by atoms with Crippen molar-refractivity contribution in [2.45, 2.75) is 25.7 Å². The number of benzene rings is 1. The Hall–Kier alpha value is -1.39. The lowest BCUT2D eigenvalue weighted by Crippen LogP contribution is -2.10. The highest BCUT2D eigenvalue weighted by Gasteiger charge is 2.20. The van der Waals surface area contributed by atoms with Gasteiger partial charge in [-0.1, -0.05) is 45.7 Å². The van der Waals surface area contributed by atoms with Gasteiger partial charge in [0.05, 0.1) is 6.20 Å². The Morgan fingerprint density at radius 1 is 1.10 bits per heavy atom. The SMILES string of the molecule is Clc1c2c(nc3c(-c4ccccc4Br)cnn13)CCCC2. The summed E-state index contributed by atoms with van der Waals surface area (Å²) in [7, 11) is 0. The first-order valence-electron chi connectivity index (χ1n) is 7.05. The molecule has 0 saturated heterocycles. The topological polar surface area (TPSA) is 30.2 Å². The van der Waals surface area contributed by atoms with Gasteiger partial charge in [0, 0.05) is 26.9 Å². The first-order valence-corrected chi connectivity index (χ1v) is 8.22. The third-order valence-electron chi connectivity index (χ3n) is 4.02. The van der Waals surface area contributed by atoms with Gasteiger partial charge in [-0.25, -0.2) is 9.50 Å². The maximum Gasteiger partial charge on any atom is 0.164 e. The van der Waals surface area contributed by atoms with Crippen LogP contribution in [0.3, 0.4) is 0 Å². The van der Waals surface area contributed by atoms with Crippen LogP contribution in [-0.2, 0) is 12.8 Å². The number of nitrogens with zero attached hydrogens (tertiary/aromatic N) is 3. The van der Waals surface area contributed by atoms with E-state index in [1.54, 1.807) is 4.52 Å². The molecule has 5 heteroatoms. The van der Waals surface area contributed by atoms with Crippen LogP contribution >= 0.6 is 27.5 Å². The van der Waals surface area contributed by atoms with E-state index in [0.717, 1.165) is 45.3 Å². The van der Waals surface area contributed by atoms with Crippen LogP contribution in [0.15, 0.2) is 34.9 Å². The standard InChI is InChI=1S/C16H13BrClN3/c17-13-7-3-1-5-10(13)12-9-19-21-15(18)11-6-2-4-8-14(11)20-16(12)21/h1,3,5,7,9H,2,4,6,8H2. The number of aromatic nitrogens is 3. The minimum Gasteiger partial charge on any atom is -0.233 e. The van der Waals surface area contributed by atoms with Gasteiger partial charge in [-0.3, -0.25) is 0 Å². The van der Waals surface area contributed by atoms with Crippen molar-refractivity contribution in [2.75, 3.05) is 0 Å². The first-order chi connectivity index (χ1) is 10.3. The van der Waals surface area contributed by atoms with Crippen LogP contribution < -0.4 is 0 Å². The molecule has 0 fully saturated rings. The van der Waals surface area contributed by atoms with Crippen LogP contribution in [0.1, 0.15) is 24.1 Å². The molecule has 4 rings (SSSR count). The van der Waals surface area contributed by atoms with Gasteiger partial charge < -0.3 is 0 Å². The van der Waals surface area contributed by atoms with Crippen molar-refractivity contribution >= 4 is 33.2 Å². The summed E-state index contributed by atoms with van der Waals surface area (Å²) in [5.41, 5.74) is 5.24. The molecule has 0 N–H and O–H groups in total. The van der Waals surface area contributed by atoms with Crippen LogP contribution in [0.4, 0.5) is 0 Å². The quantitative estimate of drug-likeness (QED) is 0.588. The highest BCUT2D eigenvalue weighted by atomic mass is 79.9. The molecule has 21 heavy (non-hydrogen) atoms. The minimum atomic E-state index is 0.716. The lowest BCUT2D eigenvalue weighted by molar-refractivity contribution is 0.660. The zero-order chi connectivity index (χ0) is 14.4. The van der Waals surface area contributed by atoms with Gasteiger partial charge in [0.1, 0.15) is 5.15 Å². The van der Waals surface area contributed by atoms with Crippen LogP contribution in [0, 0.1) is 0 Å². The Bertz CT molecular complexity index is 841. The maximum absolute atomic E-state index is 6.55. The van der Waals surface area contributed by atoms with Gasteiger partial charge in [0.15, 0.2) is 5.65 Å². The molecule has 1 aliphatic carbocycles. The molecule has 1 aromatic carbocycles. The largest absolute Gasteiger partial charge is 0.233 e. The first kappa shape index (κ1) is 13.3. The third kappa shape index (κ3) is 2.09. The van der Waals surface area contributed by atoms with Gasteiger partial charge in [-0.2, -0.15) is 5.10 Å². The monoisotopic (exact) mass is 361 g/mol. The number of halogens is 2. The maximum atomic E-state index is 6.55. The molecule has 0 aliphatic heterocycles. The predicted octanol–water partition coefficient (Wildman–Crippen LogP) is 4.69. The second-order valence-corrected chi connectivity index (χ2v) is 6.52. The molecular formula is C16H13BrClN3. The fourth-order valence-electron chi connectivity index (χ4n) is 2.95. The molecule has 1 aliphatic rings. The van der Waals surface area contributed by atoms with Crippen molar-refractivity contribution in [2.24, 2.45) is 0 Å². The number of hydrogen-bond acceptors (Lipinski definition) is 2. The van der Waals surface area contributed by atoms with E-state index in [2.05, 4.69) is 27.1 Å². The second kappa shape index (κ2) is 5.11. The summed E-state index contributed by atoms with van der Waals surface area (Å²) in [4.78, 5) is 4.85. The summed E-state index contributed by atoms with van der Waals surface area (Å²) in [5, 5.41) is 5.16. The highest BCUT2D eigenvalue weighted by molar-refractivity contribution is 9.10. The molecule has 3 nitrogen and oxygen atoms in total. The average molecular weight is 363 g/mol. The number of rotatable bonds is 1. The van der Waals surface area contributed by atoms with E-state index in [4.69, 9.17) is 16.6 Å². The van der Waals surface area contributed by atoms with Crippen LogP contribution in [0.25, 0.3) is 16.8 Å².